The van der Waals surface area contributed by atoms with Crippen molar-refractivity contribution in [3.05, 3.63) is 222 Å². The number of nitrogens with zero attached hydrogens (tertiary/aromatic N) is 4. The molecule has 2 atom stereocenters. The zero-order valence-electron chi connectivity index (χ0n) is 38.9. The lowest BCUT2D eigenvalue weighted by Crippen LogP contribution is -2.47. The van der Waals surface area contributed by atoms with Crippen LogP contribution in [0.4, 0.5) is 28.4 Å². The number of rotatable bonds is 6. The smallest absolute Gasteiger partial charge is 0.152 e. The molecule has 0 N–H and O–H groups in total. The summed E-state index contributed by atoms with van der Waals surface area (Å²) >= 11 is 0. The summed E-state index contributed by atoms with van der Waals surface area (Å²) in [4.78, 5) is 4.49. The van der Waals surface area contributed by atoms with Crippen LogP contribution >= 0.6 is 0 Å². The predicted octanol–water partition coefficient (Wildman–Crippen LogP) is 15.9. The average molecular weight is 893 g/mol. The lowest BCUT2D eigenvalue weighted by Gasteiger charge is -2.45. The van der Waals surface area contributed by atoms with E-state index in [1.54, 1.807) is 0 Å². The average Bonchev–Trinajstić information content (AvgIpc) is 3.59. The van der Waals surface area contributed by atoms with Crippen molar-refractivity contribution in [2.75, 3.05) is 9.80 Å². The zero-order valence-corrected chi connectivity index (χ0v) is 38.9. The van der Waals surface area contributed by atoms with Crippen LogP contribution in [0.3, 0.4) is 0 Å². The first-order valence-corrected chi connectivity index (χ1v) is 23.6. The Labute approximate surface area is 403 Å². The molecule has 6 nitrogen and oxygen atoms in total. The molecule has 6 heteroatoms. The van der Waals surface area contributed by atoms with E-state index in [-0.39, 0.29) is 0 Å². The van der Waals surface area contributed by atoms with Crippen LogP contribution in [-0.4, -0.2) is 12.1 Å². The Kier molecular flexibility index (Phi) is 9.73. The molecule has 0 saturated carbocycles. The number of allylic oxidation sites excluding steroid dienone is 2. The molecule has 4 aliphatic rings. The fourth-order valence-electron chi connectivity index (χ4n) is 11.7. The lowest BCUT2D eigenvalue weighted by atomic mass is 9.80. The van der Waals surface area contributed by atoms with E-state index in [0.29, 0.717) is 34.1 Å². The summed E-state index contributed by atoms with van der Waals surface area (Å²) in [6.45, 7) is 9.02. The third kappa shape index (κ3) is 6.83. The monoisotopic (exact) mass is 892 g/mol. The molecule has 2 aliphatic heterocycles. The largest absolute Gasteiger partial charge is 0.482 e. The van der Waals surface area contributed by atoms with Gasteiger partial charge in [0.2, 0.25) is 0 Å². The van der Waals surface area contributed by atoms with Gasteiger partial charge in [-0.05, 0) is 115 Å². The summed E-state index contributed by atoms with van der Waals surface area (Å²) in [5.74, 6) is 2.02. The zero-order chi connectivity index (χ0) is 47.0. The van der Waals surface area contributed by atoms with Gasteiger partial charge in [-0.3, -0.25) is 0 Å². The molecule has 12 rings (SSSR count). The van der Waals surface area contributed by atoms with Gasteiger partial charge in [0.25, 0.3) is 0 Å². The Morgan fingerprint density at radius 2 is 0.957 bits per heavy atom. The number of nitriles is 2. The number of ether oxygens (including phenoxy) is 2. The standard InChI is InChI=1S/C63H48N4O2/c1-62(2)39-63(3,4)59-58(62)48(37-64)60(66-50-29-25-44(40-17-9-5-10-18-40)33-54(50)68-55-34-45(26-30-51(55)66)41-19-11-6-12-20-41)49(38-65)61(59)67-52-31-27-46(42-21-13-7-14-22-42)35-56(52)69-57-36-47(28-32-53(57)67)43-23-15-8-16-24-43/h5-36,50,54H,39H2,1-4H3. The van der Waals surface area contributed by atoms with Crippen molar-refractivity contribution in [1.82, 2.24) is 0 Å². The predicted molar refractivity (Wildman–Crippen MR) is 278 cm³/mol. The van der Waals surface area contributed by atoms with E-state index in [9.17, 15) is 10.5 Å². The Hall–Kier alpha value is -8.58. The van der Waals surface area contributed by atoms with Crippen molar-refractivity contribution < 1.29 is 9.47 Å². The molecule has 0 aromatic heterocycles. The Balaban J connectivity index is 1.15. The topological polar surface area (TPSA) is 72.5 Å². The number of hydrogen-bond donors (Lipinski definition) is 0. The summed E-state index contributed by atoms with van der Waals surface area (Å²) in [6, 6.07) is 65.5. The van der Waals surface area contributed by atoms with Crippen molar-refractivity contribution in [3.8, 4) is 62.8 Å². The molecule has 0 spiro atoms. The molecule has 0 fully saturated rings. The highest BCUT2D eigenvalue weighted by atomic mass is 16.5. The summed E-state index contributed by atoms with van der Waals surface area (Å²) in [5.41, 5.74) is 14.1. The van der Waals surface area contributed by atoms with E-state index >= 15 is 0 Å². The van der Waals surface area contributed by atoms with E-state index in [1.807, 2.05) is 72.8 Å². The van der Waals surface area contributed by atoms with E-state index in [1.165, 1.54) is 0 Å². The summed E-state index contributed by atoms with van der Waals surface area (Å²) in [6.07, 6.45) is 6.83. The van der Waals surface area contributed by atoms with Crippen LogP contribution in [0.2, 0.25) is 0 Å². The van der Waals surface area contributed by atoms with E-state index < -0.39 is 23.0 Å². The van der Waals surface area contributed by atoms with Crippen molar-refractivity contribution in [2.24, 2.45) is 0 Å². The molecule has 0 bridgehead atoms. The molecule has 0 amide bonds. The van der Waals surface area contributed by atoms with Gasteiger partial charge in [-0.15, -0.1) is 0 Å². The number of anilines is 5. The maximum Gasteiger partial charge on any atom is 0.152 e. The molecular weight excluding hydrogens is 845 g/mol. The Bertz CT molecular complexity index is 3420. The molecule has 0 radical (unpaired) electrons. The second-order valence-corrected chi connectivity index (χ2v) is 19.7. The molecule has 69 heavy (non-hydrogen) atoms. The van der Waals surface area contributed by atoms with Gasteiger partial charge in [-0.2, -0.15) is 10.5 Å². The van der Waals surface area contributed by atoms with Gasteiger partial charge in [0, 0.05) is 0 Å². The molecule has 2 unspecified atom stereocenters. The van der Waals surface area contributed by atoms with Gasteiger partial charge < -0.3 is 19.3 Å². The highest BCUT2D eigenvalue weighted by Crippen LogP contribution is 2.63. The molecule has 8 aromatic carbocycles. The first-order valence-electron chi connectivity index (χ1n) is 23.6. The van der Waals surface area contributed by atoms with Crippen LogP contribution in [0.5, 0.6) is 17.2 Å². The van der Waals surface area contributed by atoms with E-state index in [4.69, 9.17) is 9.47 Å². The van der Waals surface area contributed by atoms with Gasteiger partial charge in [0.05, 0.1) is 40.0 Å². The quantitative estimate of drug-likeness (QED) is 0.166. The van der Waals surface area contributed by atoms with Crippen molar-refractivity contribution in [1.29, 1.82) is 10.5 Å². The lowest BCUT2D eigenvalue weighted by molar-refractivity contribution is 0.219. The highest BCUT2D eigenvalue weighted by molar-refractivity contribution is 5.98. The first-order chi connectivity index (χ1) is 33.6. The summed E-state index contributed by atoms with van der Waals surface area (Å²) < 4.78 is 14.1. The molecular formula is C63H48N4O2. The number of benzene rings is 8. The van der Waals surface area contributed by atoms with Crippen LogP contribution in [0.1, 0.15) is 61.9 Å². The number of hydrogen-bond acceptors (Lipinski definition) is 6. The van der Waals surface area contributed by atoms with Gasteiger partial charge in [-0.25, -0.2) is 0 Å². The molecule has 332 valence electrons. The van der Waals surface area contributed by atoms with Crippen LogP contribution in [0.15, 0.2) is 194 Å². The third-order valence-corrected chi connectivity index (χ3v) is 14.4. The van der Waals surface area contributed by atoms with Gasteiger partial charge in [0.1, 0.15) is 29.6 Å². The number of fused-ring (bicyclic) bond motifs is 5. The molecule has 2 aliphatic carbocycles. The summed E-state index contributed by atoms with van der Waals surface area (Å²) in [5, 5.41) is 23.9. The minimum Gasteiger partial charge on any atom is -0.482 e. The molecule has 8 aromatic rings. The van der Waals surface area contributed by atoms with Crippen LogP contribution in [-0.2, 0) is 10.8 Å². The Morgan fingerprint density at radius 1 is 0.493 bits per heavy atom. The maximum atomic E-state index is 12.1. The normalized spacial score (nSPS) is 17.6. The first kappa shape index (κ1) is 41.8. The fraction of sp³-hybridized carbons (Fsp3) is 0.143. The van der Waals surface area contributed by atoms with Gasteiger partial charge in [-0.1, -0.05) is 179 Å². The SMILES string of the molecule is CC1(C)CC(C)(C)c2c(N3c4ccc(-c5ccccc5)cc4Oc4cc(-c5ccccc5)ccc43)c(C#N)c(N3c4ccc(-c5ccccc5)cc4OC4C=C(c5ccccc5)C=CC43)c(C#N)c21. The van der Waals surface area contributed by atoms with E-state index in [0.717, 1.165) is 84.8 Å². The van der Waals surface area contributed by atoms with Gasteiger partial charge in [0.15, 0.2) is 11.5 Å². The molecule has 0 saturated heterocycles. The Morgan fingerprint density at radius 3 is 1.46 bits per heavy atom. The minimum atomic E-state index is -0.458. The second-order valence-electron chi connectivity index (χ2n) is 19.7. The van der Waals surface area contributed by atoms with E-state index in [2.05, 4.69) is 171 Å². The fourth-order valence-corrected chi connectivity index (χ4v) is 11.7. The van der Waals surface area contributed by atoms with Crippen LogP contribution < -0.4 is 19.3 Å². The third-order valence-electron chi connectivity index (χ3n) is 14.4. The molecule has 2 heterocycles. The van der Waals surface area contributed by atoms with Crippen LogP contribution in [0, 0.1) is 22.7 Å². The van der Waals surface area contributed by atoms with Crippen LogP contribution in [0.25, 0.3) is 39.0 Å². The van der Waals surface area contributed by atoms with Crippen molar-refractivity contribution >= 4 is 34.0 Å². The minimum absolute atomic E-state index is 0.402. The summed E-state index contributed by atoms with van der Waals surface area (Å²) in [7, 11) is 0. The van der Waals surface area contributed by atoms with Gasteiger partial charge >= 0.3 is 0 Å². The second kappa shape index (κ2) is 16.0. The maximum absolute atomic E-state index is 12.1. The highest BCUT2D eigenvalue weighted by Gasteiger charge is 2.51. The van der Waals surface area contributed by atoms with Crippen molar-refractivity contribution in [3.63, 3.8) is 0 Å². The van der Waals surface area contributed by atoms with Crippen molar-refractivity contribution in [2.45, 2.75) is 57.1 Å².